The third-order valence-corrected chi connectivity index (χ3v) is 9.20. The molecule has 2 aromatic carbocycles. The van der Waals surface area contributed by atoms with Gasteiger partial charge in [-0.3, -0.25) is 19.2 Å². The number of ether oxygens (including phenoxy) is 1. The van der Waals surface area contributed by atoms with Crippen molar-refractivity contribution < 1.29 is 28.7 Å². The molecule has 0 N–H and O–H groups in total. The average Bonchev–Trinajstić information content (AvgIpc) is 3.30. The SMILES string of the molecule is CCOC(=O)C1=C(C)C2[C@@H]3C(=O)N(c4cccc(C)c4)C(=O)[C@H]3C1(C)[C@H]1C(=O)N(c3cccc(C)c3)C(=O)[C@@H]21. The van der Waals surface area contributed by atoms with E-state index < -0.39 is 64.6 Å². The van der Waals surface area contributed by atoms with Crippen LogP contribution in [0.15, 0.2) is 59.7 Å². The van der Waals surface area contributed by atoms with E-state index in [4.69, 9.17) is 4.74 Å². The molecule has 7 rings (SSSR count). The van der Waals surface area contributed by atoms with E-state index in [0.29, 0.717) is 16.9 Å². The fraction of sp³-hybridized carbons (Fsp3) is 0.387. The van der Waals surface area contributed by atoms with Gasteiger partial charge in [0.25, 0.3) is 0 Å². The van der Waals surface area contributed by atoms with E-state index in [0.717, 1.165) is 11.1 Å². The normalized spacial score (nSPS) is 31.3. The lowest BCUT2D eigenvalue weighted by molar-refractivity contribution is -0.155. The van der Waals surface area contributed by atoms with Crippen LogP contribution in [-0.4, -0.2) is 36.2 Å². The average molecular weight is 527 g/mol. The summed E-state index contributed by atoms with van der Waals surface area (Å²) in [5, 5.41) is 0. The Labute approximate surface area is 226 Å². The Balaban J connectivity index is 1.55. The third-order valence-electron chi connectivity index (χ3n) is 9.20. The second kappa shape index (κ2) is 8.46. The second-order valence-electron chi connectivity index (χ2n) is 11.3. The fourth-order valence-electron chi connectivity index (χ4n) is 7.85. The summed E-state index contributed by atoms with van der Waals surface area (Å²) in [6, 6.07) is 14.2. The van der Waals surface area contributed by atoms with Gasteiger partial charge in [-0.1, -0.05) is 36.8 Å². The molecule has 4 amide bonds. The van der Waals surface area contributed by atoms with E-state index in [1.54, 1.807) is 57.2 Å². The molecule has 3 aliphatic carbocycles. The first-order chi connectivity index (χ1) is 18.5. The summed E-state index contributed by atoms with van der Waals surface area (Å²) in [5.41, 5.74) is 2.05. The van der Waals surface area contributed by atoms with E-state index in [1.807, 2.05) is 26.0 Å². The number of esters is 1. The van der Waals surface area contributed by atoms with Gasteiger partial charge in [0.2, 0.25) is 23.6 Å². The summed E-state index contributed by atoms with van der Waals surface area (Å²) in [7, 11) is 0. The molecule has 2 aromatic rings. The monoisotopic (exact) mass is 526 g/mol. The predicted molar refractivity (Wildman–Crippen MR) is 142 cm³/mol. The van der Waals surface area contributed by atoms with Crippen LogP contribution in [0.4, 0.5) is 11.4 Å². The summed E-state index contributed by atoms with van der Waals surface area (Å²) in [6.45, 7) is 8.99. The molecular formula is C31H30N2O6. The van der Waals surface area contributed by atoms with Gasteiger partial charge < -0.3 is 4.74 Å². The molecule has 2 aliphatic heterocycles. The van der Waals surface area contributed by atoms with Gasteiger partial charge in [-0.15, -0.1) is 0 Å². The molecule has 8 nitrogen and oxygen atoms in total. The number of benzene rings is 2. The van der Waals surface area contributed by atoms with Crippen LogP contribution in [-0.2, 0) is 28.7 Å². The molecule has 2 bridgehead atoms. The quantitative estimate of drug-likeness (QED) is 0.444. The first kappa shape index (κ1) is 25.2. The minimum atomic E-state index is -1.41. The van der Waals surface area contributed by atoms with Crippen molar-refractivity contribution in [2.45, 2.75) is 34.6 Å². The number of amides is 4. The molecule has 200 valence electrons. The third kappa shape index (κ3) is 3.14. The number of allylic oxidation sites excluding steroid dienone is 1. The molecule has 2 unspecified atom stereocenters. The Morgan fingerprint density at radius 3 is 1.64 bits per heavy atom. The van der Waals surface area contributed by atoms with Gasteiger partial charge in [0.15, 0.2) is 0 Å². The van der Waals surface area contributed by atoms with Crippen LogP contribution in [0.2, 0.25) is 0 Å². The summed E-state index contributed by atoms with van der Waals surface area (Å²) in [6.07, 6.45) is 0. The zero-order valence-electron chi connectivity index (χ0n) is 22.6. The molecule has 8 heteroatoms. The van der Waals surface area contributed by atoms with E-state index in [9.17, 15) is 24.0 Å². The van der Waals surface area contributed by atoms with Gasteiger partial charge in [0, 0.05) is 16.9 Å². The Hall–Kier alpha value is -4.07. The first-order valence-corrected chi connectivity index (χ1v) is 13.3. The van der Waals surface area contributed by atoms with Gasteiger partial charge in [-0.2, -0.15) is 0 Å². The zero-order chi connectivity index (χ0) is 28.0. The van der Waals surface area contributed by atoms with Crippen molar-refractivity contribution in [3.8, 4) is 0 Å². The summed E-state index contributed by atoms with van der Waals surface area (Å²) >= 11 is 0. The molecule has 5 aliphatic rings. The lowest BCUT2D eigenvalue weighted by Gasteiger charge is -2.55. The number of aryl methyl sites for hydroxylation is 2. The maximum absolute atomic E-state index is 14.2. The first-order valence-electron chi connectivity index (χ1n) is 13.3. The highest BCUT2D eigenvalue weighted by Crippen LogP contribution is 2.68. The second-order valence-corrected chi connectivity index (χ2v) is 11.3. The number of imide groups is 2. The minimum absolute atomic E-state index is 0.114. The van der Waals surface area contributed by atoms with Gasteiger partial charge in [0.1, 0.15) is 0 Å². The Bertz CT molecular complexity index is 1430. The number of carbonyl (C=O) groups excluding carboxylic acids is 5. The Morgan fingerprint density at radius 1 is 0.769 bits per heavy atom. The highest BCUT2D eigenvalue weighted by atomic mass is 16.5. The molecule has 2 saturated heterocycles. The van der Waals surface area contributed by atoms with Crippen LogP contribution in [0.3, 0.4) is 0 Å². The number of nitrogens with zero attached hydrogens (tertiary/aromatic N) is 2. The molecule has 0 spiro atoms. The van der Waals surface area contributed by atoms with Gasteiger partial charge in [-0.05, 0) is 63.1 Å². The number of anilines is 2. The molecule has 0 aromatic heterocycles. The lowest BCUT2D eigenvalue weighted by Crippen LogP contribution is -2.61. The predicted octanol–water partition coefficient (Wildman–Crippen LogP) is 3.74. The molecule has 3 fully saturated rings. The topological polar surface area (TPSA) is 101 Å². The largest absolute Gasteiger partial charge is 0.463 e. The Kier molecular flexibility index (Phi) is 5.47. The van der Waals surface area contributed by atoms with Crippen LogP contribution >= 0.6 is 0 Å². The molecule has 1 saturated carbocycles. The lowest BCUT2D eigenvalue weighted by atomic mass is 9.43. The van der Waals surface area contributed by atoms with Gasteiger partial charge in [0.05, 0.1) is 41.7 Å². The molecule has 6 atom stereocenters. The highest BCUT2D eigenvalue weighted by Gasteiger charge is 2.77. The zero-order valence-corrected chi connectivity index (χ0v) is 22.6. The van der Waals surface area contributed by atoms with Crippen molar-refractivity contribution in [1.82, 2.24) is 0 Å². The highest BCUT2D eigenvalue weighted by molar-refractivity contribution is 6.27. The summed E-state index contributed by atoms with van der Waals surface area (Å²) < 4.78 is 5.43. The van der Waals surface area contributed by atoms with Crippen LogP contribution in [0.25, 0.3) is 0 Å². The van der Waals surface area contributed by atoms with Crippen molar-refractivity contribution in [3.05, 3.63) is 70.8 Å². The van der Waals surface area contributed by atoms with Gasteiger partial charge >= 0.3 is 5.97 Å². The van der Waals surface area contributed by atoms with Crippen LogP contribution in [0.5, 0.6) is 0 Å². The van der Waals surface area contributed by atoms with Crippen LogP contribution < -0.4 is 9.80 Å². The van der Waals surface area contributed by atoms with E-state index >= 15 is 0 Å². The van der Waals surface area contributed by atoms with Crippen molar-refractivity contribution in [3.63, 3.8) is 0 Å². The fourth-order valence-corrected chi connectivity index (χ4v) is 7.85. The number of carbonyl (C=O) groups is 5. The Morgan fingerprint density at radius 2 is 1.23 bits per heavy atom. The van der Waals surface area contributed by atoms with Crippen molar-refractivity contribution in [2.75, 3.05) is 16.4 Å². The van der Waals surface area contributed by atoms with E-state index in [-0.39, 0.29) is 12.2 Å². The smallest absolute Gasteiger partial charge is 0.334 e. The van der Waals surface area contributed by atoms with Crippen molar-refractivity contribution in [1.29, 1.82) is 0 Å². The minimum Gasteiger partial charge on any atom is -0.463 e. The maximum Gasteiger partial charge on any atom is 0.334 e. The number of rotatable bonds is 4. The summed E-state index contributed by atoms with van der Waals surface area (Å²) in [5.74, 6) is -6.78. The molecule has 39 heavy (non-hydrogen) atoms. The van der Waals surface area contributed by atoms with Crippen molar-refractivity contribution >= 4 is 41.0 Å². The van der Waals surface area contributed by atoms with Crippen LogP contribution in [0.1, 0.15) is 31.9 Å². The van der Waals surface area contributed by atoms with E-state index in [1.165, 1.54) is 9.80 Å². The van der Waals surface area contributed by atoms with E-state index in [2.05, 4.69) is 0 Å². The number of hydrogen-bond donors (Lipinski definition) is 0. The standard InChI is InChI=1S/C31H30N2O6/c1-6-39-30(38)23-17(4)20-21-24(28(36)32(26(21)34)18-11-7-9-15(2)13-18)31(23,5)25-22(20)27(35)33(29(25)37)19-12-8-10-16(3)14-19/h7-14,20-22,24-25H,6H2,1-5H3/t20?,21-,22-,24-,25+,31?/m0/s1. The molecular weight excluding hydrogens is 496 g/mol. The van der Waals surface area contributed by atoms with Crippen molar-refractivity contribution in [2.24, 2.45) is 35.0 Å². The molecule has 2 heterocycles. The maximum atomic E-state index is 14.2. The number of hydrogen-bond acceptors (Lipinski definition) is 6. The molecule has 0 radical (unpaired) electrons. The van der Waals surface area contributed by atoms with Gasteiger partial charge in [-0.25, -0.2) is 14.6 Å². The van der Waals surface area contributed by atoms with Crippen LogP contribution in [0, 0.1) is 48.9 Å². The summed E-state index contributed by atoms with van der Waals surface area (Å²) in [4.78, 5) is 72.3.